The first-order chi connectivity index (χ1) is 7.78. The summed E-state index contributed by atoms with van der Waals surface area (Å²) in [6.07, 6.45) is 2.75. The van der Waals surface area contributed by atoms with Crippen LogP contribution >= 0.6 is 11.8 Å². The first-order valence-electron chi connectivity index (χ1n) is 5.24. The Morgan fingerprint density at radius 1 is 1.75 bits per heavy atom. The molecule has 7 heteroatoms. The molecule has 16 heavy (non-hydrogen) atoms. The minimum atomic E-state index is -0.0130. The average Bonchev–Trinajstić information content (AvgIpc) is 2.89. The molecule has 1 unspecified atom stereocenters. The molecule has 88 valence electrons. The van der Waals surface area contributed by atoms with Gasteiger partial charge in [0, 0.05) is 18.3 Å². The molecule has 1 amide bonds. The van der Waals surface area contributed by atoms with E-state index in [2.05, 4.69) is 15.6 Å². The largest absolute Gasteiger partial charge is 0.351 e. The van der Waals surface area contributed by atoms with E-state index in [1.165, 1.54) is 4.68 Å². The van der Waals surface area contributed by atoms with Crippen LogP contribution in [0.2, 0.25) is 0 Å². The number of hydrogen-bond donors (Lipinski definition) is 2. The second kappa shape index (κ2) is 5.31. The first kappa shape index (κ1) is 11.4. The van der Waals surface area contributed by atoms with Crippen LogP contribution in [0.1, 0.15) is 12.1 Å². The maximum Gasteiger partial charge on any atom is 0.242 e. The van der Waals surface area contributed by atoms with Gasteiger partial charge >= 0.3 is 0 Å². The molecule has 0 radical (unpaired) electrons. The van der Waals surface area contributed by atoms with Gasteiger partial charge in [-0.25, -0.2) is 4.68 Å². The summed E-state index contributed by atoms with van der Waals surface area (Å²) < 4.78 is 1.51. The van der Waals surface area contributed by atoms with E-state index in [1.807, 2.05) is 11.8 Å². The molecule has 1 aliphatic rings. The van der Waals surface area contributed by atoms with Gasteiger partial charge in [-0.05, 0) is 12.2 Å². The van der Waals surface area contributed by atoms with Gasteiger partial charge in [-0.2, -0.15) is 11.8 Å². The number of hydrogen-bond acceptors (Lipinski definition) is 5. The summed E-state index contributed by atoms with van der Waals surface area (Å²) in [5, 5.41) is 10.6. The SMILES string of the molecule is NCc1cn(CC(=O)NC2CCSC2)nn1. The lowest BCUT2D eigenvalue weighted by Crippen LogP contribution is -2.37. The zero-order chi connectivity index (χ0) is 11.4. The Hall–Kier alpha value is -1.08. The topological polar surface area (TPSA) is 85.8 Å². The number of thioether (sulfide) groups is 1. The van der Waals surface area contributed by atoms with E-state index < -0.39 is 0 Å². The van der Waals surface area contributed by atoms with E-state index >= 15 is 0 Å². The van der Waals surface area contributed by atoms with Gasteiger partial charge < -0.3 is 11.1 Å². The van der Waals surface area contributed by atoms with Crippen molar-refractivity contribution in [2.24, 2.45) is 5.73 Å². The molecule has 0 aromatic carbocycles. The third-order valence-electron chi connectivity index (χ3n) is 2.40. The smallest absolute Gasteiger partial charge is 0.242 e. The molecular weight excluding hydrogens is 226 g/mol. The van der Waals surface area contributed by atoms with Gasteiger partial charge in [0.15, 0.2) is 0 Å². The van der Waals surface area contributed by atoms with Crippen LogP contribution in [0.25, 0.3) is 0 Å². The summed E-state index contributed by atoms with van der Waals surface area (Å²) in [5.41, 5.74) is 6.11. The second-order valence-corrected chi connectivity index (χ2v) is 4.89. The number of nitrogens with two attached hydrogens (primary N) is 1. The molecule has 1 saturated heterocycles. The van der Waals surface area contributed by atoms with Crippen LogP contribution in [0.5, 0.6) is 0 Å². The Labute approximate surface area is 97.9 Å². The third-order valence-corrected chi connectivity index (χ3v) is 3.56. The molecule has 3 N–H and O–H groups in total. The quantitative estimate of drug-likeness (QED) is 0.732. The van der Waals surface area contributed by atoms with E-state index in [4.69, 9.17) is 5.73 Å². The van der Waals surface area contributed by atoms with E-state index in [9.17, 15) is 4.79 Å². The molecule has 2 heterocycles. The summed E-state index contributed by atoms with van der Waals surface area (Å²) in [5.74, 6) is 2.13. The molecule has 0 bridgehead atoms. The Morgan fingerprint density at radius 3 is 3.25 bits per heavy atom. The summed E-state index contributed by atoms with van der Waals surface area (Å²) in [6.45, 7) is 0.565. The van der Waals surface area contributed by atoms with Crippen LogP contribution < -0.4 is 11.1 Å². The highest BCUT2D eigenvalue weighted by atomic mass is 32.2. The van der Waals surface area contributed by atoms with Gasteiger partial charge in [0.2, 0.25) is 5.91 Å². The monoisotopic (exact) mass is 241 g/mol. The summed E-state index contributed by atoms with van der Waals surface area (Å²) in [4.78, 5) is 11.6. The number of rotatable bonds is 4. The van der Waals surface area contributed by atoms with Crippen molar-refractivity contribution >= 4 is 17.7 Å². The highest BCUT2D eigenvalue weighted by Crippen LogP contribution is 2.16. The Balaban J connectivity index is 1.81. The van der Waals surface area contributed by atoms with E-state index in [0.29, 0.717) is 18.3 Å². The fourth-order valence-corrected chi connectivity index (χ4v) is 2.73. The van der Waals surface area contributed by atoms with E-state index in [1.54, 1.807) is 6.20 Å². The maximum atomic E-state index is 11.6. The molecular formula is C9H15N5OS. The molecule has 1 atom stereocenters. The van der Waals surface area contributed by atoms with Crippen molar-refractivity contribution in [2.75, 3.05) is 11.5 Å². The van der Waals surface area contributed by atoms with Crippen molar-refractivity contribution in [3.05, 3.63) is 11.9 Å². The number of nitrogens with one attached hydrogen (secondary N) is 1. The average molecular weight is 241 g/mol. The van der Waals surface area contributed by atoms with Gasteiger partial charge in [-0.3, -0.25) is 4.79 Å². The maximum absolute atomic E-state index is 11.6. The van der Waals surface area contributed by atoms with Crippen molar-refractivity contribution in [2.45, 2.75) is 25.6 Å². The Kier molecular flexibility index (Phi) is 3.79. The van der Waals surface area contributed by atoms with E-state index in [-0.39, 0.29) is 12.5 Å². The fraction of sp³-hybridized carbons (Fsp3) is 0.667. The molecule has 2 rings (SSSR count). The fourth-order valence-electron chi connectivity index (χ4n) is 1.58. The number of amides is 1. The van der Waals surface area contributed by atoms with Gasteiger partial charge in [0.05, 0.1) is 11.9 Å². The van der Waals surface area contributed by atoms with Crippen LogP contribution in [0, 0.1) is 0 Å². The number of carbonyl (C=O) groups excluding carboxylic acids is 1. The standard InChI is InChI=1S/C9H15N5OS/c10-3-8-4-14(13-12-8)5-9(15)11-7-1-2-16-6-7/h4,7H,1-3,5-6,10H2,(H,11,15). The van der Waals surface area contributed by atoms with Gasteiger partial charge in [0.25, 0.3) is 0 Å². The molecule has 1 aliphatic heterocycles. The molecule has 1 aromatic rings. The van der Waals surface area contributed by atoms with E-state index in [0.717, 1.165) is 17.9 Å². The normalized spacial score (nSPS) is 19.9. The Morgan fingerprint density at radius 2 is 2.62 bits per heavy atom. The molecule has 6 nitrogen and oxygen atoms in total. The van der Waals surface area contributed by atoms with Crippen LogP contribution in [0.4, 0.5) is 0 Å². The lowest BCUT2D eigenvalue weighted by atomic mass is 10.2. The predicted octanol–water partition coefficient (Wildman–Crippen LogP) is -0.642. The van der Waals surface area contributed by atoms with Crippen LogP contribution in [-0.4, -0.2) is 38.4 Å². The lowest BCUT2D eigenvalue weighted by Gasteiger charge is -2.10. The van der Waals surface area contributed by atoms with Crippen LogP contribution in [0.3, 0.4) is 0 Å². The van der Waals surface area contributed by atoms with Gasteiger partial charge in [-0.15, -0.1) is 5.10 Å². The molecule has 0 saturated carbocycles. The predicted molar refractivity (Wildman–Crippen MR) is 61.8 cm³/mol. The first-order valence-corrected chi connectivity index (χ1v) is 6.39. The summed E-state index contributed by atoms with van der Waals surface area (Å²) in [6, 6.07) is 0.315. The Bertz CT molecular complexity index is 361. The van der Waals surface area contributed by atoms with Crippen molar-refractivity contribution < 1.29 is 4.79 Å². The highest BCUT2D eigenvalue weighted by Gasteiger charge is 2.17. The summed E-state index contributed by atoms with van der Waals surface area (Å²) >= 11 is 1.87. The van der Waals surface area contributed by atoms with Crippen molar-refractivity contribution in [3.8, 4) is 0 Å². The summed E-state index contributed by atoms with van der Waals surface area (Å²) in [7, 11) is 0. The van der Waals surface area contributed by atoms with Crippen molar-refractivity contribution in [1.82, 2.24) is 20.3 Å². The molecule has 1 fully saturated rings. The van der Waals surface area contributed by atoms with Crippen molar-refractivity contribution in [3.63, 3.8) is 0 Å². The minimum absolute atomic E-state index is 0.0130. The van der Waals surface area contributed by atoms with Crippen LogP contribution in [-0.2, 0) is 17.9 Å². The van der Waals surface area contributed by atoms with Gasteiger partial charge in [-0.1, -0.05) is 5.21 Å². The zero-order valence-electron chi connectivity index (χ0n) is 8.93. The number of carbonyl (C=O) groups is 1. The zero-order valence-corrected chi connectivity index (χ0v) is 9.74. The number of nitrogens with zero attached hydrogens (tertiary/aromatic N) is 3. The number of aromatic nitrogens is 3. The minimum Gasteiger partial charge on any atom is -0.351 e. The second-order valence-electron chi connectivity index (χ2n) is 3.74. The van der Waals surface area contributed by atoms with Crippen molar-refractivity contribution in [1.29, 1.82) is 0 Å². The molecule has 0 spiro atoms. The highest BCUT2D eigenvalue weighted by molar-refractivity contribution is 7.99. The molecule has 0 aliphatic carbocycles. The molecule has 1 aromatic heterocycles. The van der Waals surface area contributed by atoms with Crippen LogP contribution in [0.15, 0.2) is 6.20 Å². The lowest BCUT2D eigenvalue weighted by molar-refractivity contribution is -0.122. The van der Waals surface area contributed by atoms with Gasteiger partial charge in [0.1, 0.15) is 6.54 Å². The third kappa shape index (κ3) is 2.96.